The Morgan fingerprint density at radius 2 is 0.854 bits per heavy atom. The molecule has 9 aromatic carbocycles. The fraction of sp³-hybridized carbons (Fsp3) is 0.194. The third-order valence-electron chi connectivity index (χ3n) is 15.9. The van der Waals surface area contributed by atoms with Crippen molar-refractivity contribution in [2.24, 2.45) is 5.14 Å². The van der Waals surface area contributed by atoms with Gasteiger partial charge in [-0.25, -0.2) is 28.5 Å². The van der Waals surface area contributed by atoms with Crippen LogP contribution < -0.4 is 19.3 Å². The van der Waals surface area contributed by atoms with E-state index >= 15 is 0 Å². The van der Waals surface area contributed by atoms with Gasteiger partial charge < -0.3 is 24.4 Å². The number of rotatable bonds is 22. The van der Waals surface area contributed by atoms with E-state index in [1.165, 1.54) is 66.2 Å². The van der Waals surface area contributed by atoms with Gasteiger partial charge in [0, 0.05) is 41.0 Å². The first-order valence-corrected chi connectivity index (χ1v) is 34.3. The van der Waals surface area contributed by atoms with Crippen LogP contribution in [0.2, 0.25) is 5.02 Å². The Hall–Kier alpha value is -10.3. The van der Waals surface area contributed by atoms with Crippen LogP contribution in [0, 0.1) is 0 Å². The molecule has 6 N–H and O–H groups in total. The lowest BCUT2D eigenvalue weighted by molar-refractivity contribution is -0.290. The Bertz CT molecular complexity index is 5240. The molecular weight excluding hydrogens is 1440 g/mol. The van der Waals surface area contributed by atoms with Gasteiger partial charge in [-0.05, 0) is 150 Å². The lowest BCUT2D eigenvalue weighted by Gasteiger charge is -2.19. The number of aromatic nitrogens is 6. The number of halogens is 14. The number of alkyl halides is 13. The van der Waals surface area contributed by atoms with Crippen molar-refractivity contribution in [3.63, 3.8) is 0 Å². The van der Waals surface area contributed by atoms with Crippen LogP contribution in [0.25, 0.3) is 66.5 Å². The topological polar surface area (TPSA) is 228 Å². The van der Waals surface area contributed by atoms with Gasteiger partial charge in [-0.2, -0.15) is 65.5 Å². The summed E-state index contributed by atoms with van der Waals surface area (Å²) < 4.78 is 222. The minimum absolute atomic E-state index is 0.0126. The van der Waals surface area contributed by atoms with Crippen molar-refractivity contribution in [1.82, 2.24) is 29.9 Å². The van der Waals surface area contributed by atoms with E-state index in [1.54, 1.807) is 84.4 Å². The van der Waals surface area contributed by atoms with Gasteiger partial charge in [0.25, 0.3) is 0 Å². The molecule has 0 atom stereocenters. The predicted molar refractivity (Wildman–Crippen MR) is 364 cm³/mol. The van der Waals surface area contributed by atoms with Crippen LogP contribution in [0.3, 0.4) is 0 Å². The van der Waals surface area contributed by atoms with Crippen LogP contribution in [-0.4, -0.2) is 95.4 Å². The predicted octanol–water partition coefficient (Wildman–Crippen LogP) is 18.0. The van der Waals surface area contributed by atoms with Gasteiger partial charge >= 0.3 is 39.7 Å². The van der Waals surface area contributed by atoms with E-state index in [9.17, 15) is 78.7 Å². The first-order valence-electron chi connectivity index (χ1n) is 30.9. The molecule has 12 aromatic rings. The number of hydrogen-bond acceptors (Lipinski definition) is 10. The Labute approximate surface area is 584 Å². The maximum absolute atomic E-state index is 13.0. The molecule has 0 saturated heterocycles. The first-order chi connectivity index (χ1) is 48.5. The van der Waals surface area contributed by atoms with Gasteiger partial charge in [0.2, 0.25) is 10.0 Å². The van der Waals surface area contributed by atoms with Gasteiger partial charge in [0.05, 0.1) is 43.7 Å². The molecule has 0 amide bonds. The van der Waals surface area contributed by atoms with Gasteiger partial charge in [0.1, 0.15) is 29.0 Å². The maximum Gasteiger partial charge on any atom is 0.516 e. The molecule has 0 aliphatic carbocycles. The van der Waals surface area contributed by atoms with E-state index in [0.717, 1.165) is 62.5 Å². The lowest BCUT2D eigenvalue weighted by atomic mass is 9.97. The summed E-state index contributed by atoms with van der Waals surface area (Å²) in [6, 6.07) is 55.2. The number of ether oxygens (including phenoxy) is 2. The second-order valence-electron chi connectivity index (χ2n) is 23.4. The molecule has 0 spiro atoms. The van der Waals surface area contributed by atoms with Crippen molar-refractivity contribution in [3.05, 3.63) is 245 Å². The number of Topliss-reactive ketones (excluding diaryl/α,β-unsaturated/α-hetero) is 1. The molecule has 0 fully saturated rings. The quantitative estimate of drug-likeness (QED) is 0.0318. The van der Waals surface area contributed by atoms with Gasteiger partial charge in [0.15, 0.2) is 19.0 Å². The molecule has 0 unspecified atom stereocenters. The Balaban J connectivity index is 0.000000169. The smallest absolute Gasteiger partial charge is 0.487 e. The van der Waals surface area contributed by atoms with Crippen molar-refractivity contribution in [3.8, 4) is 44.9 Å². The number of ketones is 1. The van der Waals surface area contributed by atoms with Crippen molar-refractivity contribution in [2.75, 3.05) is 17.9 Å². The summed E-state index contributed by atoms with van der Waals surface area (Å²) >= 11 is 6.05. The largest absolute Gasteiger partial charge is 0.516 e. The molecule has 0 bridgehead atoms. The number of benzene rings is 9. The molecule has 0 aliphatic heterocycles. The number of nitrogens with zero attached hydrogens (tertiary/aromatic N) is 3. The van der Waals surface area contributed by atoms with Crippen LogP contribution in [0.1, 0.15) is 51.4 Å². The monoisotopic (exact) mass is 1490 g/mol. The maximum atomic E-state index is 13.0. The Kier molecular flexibility index (Phi) is 22.5. The number of nitrogens with one attached hydrogen (secondary N) is 4. The van der Waals surface area contributed by atoms with Crippen molar-refractivity contribution >= 4 is 76.2 Å². The van der Waals surface area contributed by atoms with Crippen molar-refractivity contribution < 1.29 is 88.2 Å². The van der Waals surface area contributed by atoms with Crippen LogP contribution in [0.5, 0.6) is 11.5 Å². The van der Waals surface area contributed by atoms with E-state index in [-0.39, 0.29) is 33.4 Å². The third kappa shape index (κ3) is 19.1. The zero-order valence-electron chi connectivity index (χ0n) is 53.6. The molecule has 12 rings (SSSR count). The van der Waals surface area contributed by atoms with Crippen LogP contribution >= 0.6 is 11.6 Å². The average Bonchev–Trinajstić information content (AvgIpc) is 1.80. The minimum atomic E-state index is -5.71. The lowest BCUT2D eigenvalue weighted by Crippen LogP contribution is -2.41. The molecule has 538 valence electrons. The second kappa shape index (κ2) is 30.7. The van der Waals surface area contributed by atoms with E-state index in [1.807, 2.05) is 54.6 Å². The first kappa shape index (κ1) is 75.4. The number of carbonyl (C=O) groups is 1. The molecule has 15 nitrogen and oxygen atoms in total. The van der Waals surface area contributed by atoms with Crippen molar-refractivity contribution in [2.45, 2.75) is 80.1 Å². The number of fused-ring (bicyclic) bond motifs is 3. The number of primary sulfonamides is 1. The highest BCUT2D eigenvalue weighted by atomic mass is 35.5. The van der Waals surface area contributed by atoms with E-state index < -0.39 is 63.0 Å². The summed E-state index contributed by atoms with van der Waals surface area (Å²) in [7, 11) is -9.54. The molecular formula is C72H58ClF13N8O7S2. The van der Waals surface area contributed by atoms with Gasteiger partial charge in [-0.3, -0.25) is 9.52 Å². The van der Waals surface area contributed by atoms with Crippen LogP contribution in [0.15, 0.2) is 205 Å². The fourth-order valence-corrected chi connectivity index (χ4v) is 12.1. The highest BCUT2D eigenvalue weighted by Crippen LogP contribution is 2.39. The number of carbonyl (C=O) groups excluding carboxylic acids is 1. The number of anilines is 1. The van der Waals surface area contributed by atoms with Crippen LogP contribution in [-0.2, 0) is 58.6 Å². The van der Waals surface area contributed by atoms with E-state index in [4.69, 9.17) is 16.7 Å². The summed E-state index contributed by atoms with van der Waals surface area (Å²) in [6.07, 6.45) is -7.88. The second-order valence-corrected chi connectivity index (χ2v) is 27.0. The number of H-pyrrole nitrogens is 3. The van der Waals surface area contributed by atoms with E-state index in [2.05, 4.69) is 51.5 Å². The highest BCUT2D eigenvalue weighted by Gasteiger charge is 2.59. The molecule has 0 aliphatic rings. The summed E-state index contributed by atoms with van der Waals surface area (Å²) in [4.78, 5) is 35.3. The van der Waals surface area contributed by atoms with Crippen molar-refractivity contribution in [1.29, 1.82) is 0 Å². The van der Waals surface area contributed by atoms with Gasteiger partial charge in [-0.15, -0.1) is 0 Å². The minimum Gasteiger partial charge on any atom is -0.487 e. The third-order valence-corrected chi connectivity index (χ3v) is 18.2. The number of nitrogens with two attached hydrogens (primary N) is 1. The Morgan fingerprint density at radius 3 is 1.28 bits per heavy atom. The zero-order chi connectivity index (χ0) is 74.3. The number of para-hydroxylation sites is 1. The zero-order valence-corrected chi connectivity index (χ0v) is 56.0. The molecule has 0 saturated carbocycles. The number of sulfonamides is 2. The number of aromatic amines is 3. The SMILES string of the molecule is CC(=O)c1ccccc1-c1ccc2nc(CCc3cccc(Cl)c3)[nH]c2c1.NS(=O)(=O)c1ccccc1-c1ccc2nc(CCc3ccc(OCC(F)(F)C(F)(F)F)cc3)[nH]c2c1.O=S(=O)(Nc1ccccc1-c1ccc2nc(CCc3ccc(OCC(F)(F)C(F)(F)F)cc3)[nH]c2c1)C(F)(F)F. The number of imidazole rings is 3. The molecule has 0 radical (unpaired) electrons. The number of hydrogen-bond donors (Lipinski definition) is 5. The summed E-state index contributed by atoms with van der Waals surface area (Å²) in [5.41, 5.74) is 5.78. The molecule has 3 aromatic heterocycles. The normalized spacial score (nSPS) is 12.4. The highest BCUT2D eigenvalue weighted by molar-refractivity contribution is 7.93. The summed E-state index contributed by atoms with van der Waals surface area (Å²) in [5, 5.41) is 6.09. The molecule has 103 heavy (non-hydrogen) atoms. The standard InChI is InChI=1S/C25H19F8N3O3S.C24H20F5N3O3S.C23H19ClN2O/c26-23(27,24(28,29)30)14-39-17-9-5-15(6-10-17)7-12-22-34-20-11-8-16(13-21(20)35-22)18-3-1-2-4-19(18)36-40(37,38)25(31,32)33;25-23(26,24(27,28)29)14-35-17-9-5-15(6-10-17)7-12-22-31-19-11-8-16(13-20(19)32-22)18-3-1-2-4-21(18)36(30,33)34;1-15(27)19-7-2-3-8-20(19)17-10-11-21-22(14-17)26-23(25-21)12-9-16-5-4-6-18(24)13-16/h1-6,8-11,13,36H,7,12,14H2,(H,34,35);1-6,8-11,13H,7,12,14H2,(H,31,32)(H2,30,33,34);2-8,10-11,13-14H,9,12H2,1H3,(H,25,26). The Morgan fingerprint density at radius 1 is 0.456 bits per heavy atom. The fourth-order valence-electron chi connectivity index (χ4n) is 10.6. The average molecular weight is 1490 g/mol. The molecule has 3 heterocycles. The van der Waals surface area contributed by atoms with E-state index in [0.29, 0.717) is 76.1 Å². The summed E-state index contributed by atoms with van der Waals surface area (Å²) in [6.45, 7) is -2.03. The summed E-state index contributed by atoms with van der Waals surface area (Å²) in [5.74, 6) is -7.95. The van der Waals surface area contributed by atoms with Crippen LogP contribution in [0.4, 0.5) is 62.8 Å². The molecule has 31 heteroatoms. The van der Waals surface area contributed by atoms with Gasteiger partial charge in [-0.1, -0.05) is 127 Å². The number of aryl methyl sites for hydroxylation is 6.